The van der Waals surface area contributed by atoms with E-state index >= 15 is 0 Å². The first kappa shape index (κ1) is 19.0. The van der Waals surface area contributed by atoms with Crippen LogP contribution in [0.1, 0.15) is 40.7 Å². The molecule has 0 aromatic heterocycles. The number of hydrogen-bond donors (Lipinski definition) is 3. The Morgan fingerprint density at radius 2 is 1.82 bits per heavy atom. The number of fused-ring (bicyclic) bond motifs is 3. The highest BCUT2D eigenvalue weighted by Crippen LogP contribution is 2.45. The van der Waals surface area contributed by atoms with Crippen molar-refractivity contribution in [3.63, 3.8) is 0 Å². The quantitative estimate of drug-likeness (QED) is 0.716. The van der Waals surface area contributed by atoms with Gasteiger partial charge in [0.25, 0.3) is 0 Å². The molecule has 2 aromatic carbocycles. The first-order chi connectivity index (χ1) is 13.5. The molecule has 3 aliphatic heterocycles. The number of hydrogen-bond acceptors (Lipinski definition) is 4. The number of benzene rings is 2. The molecule has 148 valence electrons. The van der Waals surface area contributed by atoms with Gasteiger partial charge >= 0.3 is 5.97 Å². The lowest BCUT2D eigenvalue weighted by atomic mass is 9.66. The second kappa shape index (κ2) is 7.57. The fourth-order valence-corrected chi connectivity index (χ4v) is 5.03. The minimum absolute atomic E-state index is 0.0977. The Morgan fingerprint density at radius 3 is 2.39 bits per heavy atom. The van der Waals surface area contributed by atoms with E-state index in [1.54, 1.807) is 6.07 Å². The van der Waals surface area contributed by atoms with Gasteiger partial charge in [-0.15, -0.1) is 0 Å². The topological polar surface area (TPSA) is 81.0 Å². The molecule has 3 N–H and O–H groups in total. The molecule has 3 fully saturated rings. The highest BCUT2D eigenvalue weighted by atomic mass is 16.4. The Morgan fingerprint density at radius 1 is 1.11 bits per heavy atom. The van der Waals surface area contributed by atoms with Crippen molar-refractivity contribution in [3.8, 4) is 5.75 Å². The van der Waals surface area contributed by atoms with Crippen LogP contribution < -0.4 is 0 Å². The van der Waals surface area contributed by atoms with Crippen LogP contribution in [-0.2, 0) is 12.0 Å². The fraction of sp³-hybridized carbons (Fsp3) is 0.435. The summed E-state index contributed by atoms with van der Waals surface area (Å²) in [6.45, 7) is 3.16. The first-order valence-corrected chi connectivity index (χ1v) is 10.0. The summed E-state index contributed by atoms with van der Waals surface area (Å²) in [5, 5.41) is 31.0. The van der Waals surface area contributed by atoms with Crippen molar-refractivity contribution in [2.75, 3.05) is 19.6 Å². The fourth-order valence-electron chi connectivity index (χ4n) is 5.03. The van der Waals surface area contributed by atoms with Crippen LogP contribution in [0.4, 0.5) is 0 Å². The minimum Gasteiger partial charge on any atom is -0.507 e. The largest absolute Gasteiger partial charge is 0.507 e. The summed E-state index contributed by atoms with van der Waals surface area (Å²) >= 11 is 0. The summed E-state index contributed by atoms with van der Waals surface area (Å²) in [4.78, 5) is 13.6. The van der Waals surface area contributed by atoms with Crippen LogP contribution in [0, 0.1) is 11.8 Å². The van der Waals surface area contributed by atoms with Gasteiger partial charge in [0.1, 0.15) is 11.3 Å². The van der Waals surface area contributed by atoms with Crippen molar-refractivity contribution in [2.24, 2.45) is 11.8 Å². The molecule has 0 spiro atoms. The third kappa shape index (κ3) is 3.52. The molecular formula is C23H27NO4. The lowest BCUT2D eigenvalue weighted by molar-refractivity contribution is -0.106. The Kier molecular flexibility index (Phi) is 5.13. The van der Waals surface area contributed by atoms with E-state index in [0.29, 0.717) is 18.8 Å². The standard InChI is InChI=1S/C23H27NO4/c25-21-14-16(6-7-19(21)22(26)27)8-11-23(28,18-4-2-1-3-5-18)20-15-24-12-9-17(20)10-13-24/h1-7,14,17,20,25,28H,8-13,15H2,(H,26,27). The van der Waals surface area contributed by atoms with Crippen LogP contribution in [0.15, 0.2) is 48.5 Å². The van der Waals surface area contributed by atoms with Crippen LogP contribution in [0.5, 0.6) is 5.75 Å². The van der Waals surface area contributed by atoms with Crippen molar-refractivity contribution in [3.05, 3.63) is 65.2 Å². The molecule has 3 aliphatic rings. The number of rotatable bonds is 6. The zero-order chi connectivity index (χ0) is 19.7. The molecule has 3 heterocycles. The van der Waals surface area contributed by atoms with E-state index in [0.717, 1.165) is 43.6 Å². The Balaban J connectivity index is 1.60. The summed E-state index contributed by atoms with van der Waals surface area (Å²) in [5.74, 6) is -0.657. The van der Waals surface area contributed by atoms with Gasteiger partial charge in [0.05, 0.1) is 5.60 Å². The third-order valence-corrected chi connectivity index (χ3v) is 6.63. The smallest absolute Gasteiger partial charge is 0.339 e. The molecule has 2 unspecified atom stereocenters. The molecule has 5 heteroatoms. The second-order valence-corrected chi connectivity index (χ2v) is 8.19. The predicted octanol–water partition coefficient (Wildman–Crippen LogP) is 3.25. The van der Waals surface area contributed by atoms with Gasteiger partial charge in [0.15, 0.2) is 0 Å². The minimum atomic E-state index is -1.14. The Labute approximate surface area is 165 Å². The van der Waals surface area contributed by atoms with Crippen LogP contribution in [0.3, 0.4) is 0 Å². The Hall–Kier alpha value is -2.37. The van der Waals surface area contributed by atoms with Crippen molar-refractivity contribution >= 4 is 5.97 Å². The van der Waals surface area contributed by atoms with E-state index in [1.807, 2.05) is 30.3 Å². The molecule has 3 saturated heterocycles. The average molecular weight is 381 g/mol. The van der Waals surface area contributed by atoms with E-state index in [9.17, 15) is 15.0 Å². The number of aryl methyl sites for hydroxylation is 1. The number of aliphatic hydroxyl groups is 1. The van der Waals surface area contributed by atoms with Crippen LogP contribution in [0.25, 0.3) is 0 Å². The lowest BCUT2D eigenvalue weighted by Crippen LogP contribution is -2.55. The first-order valence-electron chi connectivity index (χ1n) is 10.0. The van der Waals surface area contributed by atoms with Gasteiger partial charge in [-0.3, -0.25) is 0 Å². The van der Waals surface area contributed by atoms with Gasteiger partial charge in [0.2, 0.25) is 0 Å². The van der Waals surface area contributed by atoms with Gasteiger partial charge in [0, 0.05) is 12.5 Å². The van der Waals surface area contributed by atoms with Crippen LogP contribution >= 0.6 is 0 Å². The molecule has 0 radical (unpaired) electrons. The molecule has 2 bridgehead atoms. The predicted molar refractivity (Wildman–Crippen MR) is 106 cm³/mol. The molecule has 28 heavy (non-hydrogen) atoms. The van der Waals surface area contributed by atoms with Gasteiger partial charge in [-0.25, -0.2) is 4.79 Å². The second-order valence-electron chi connectivity index (χ2n) is 8.19. The van der Waals surface area contributed by atoms with E-state index < -0.39 is 11.6 Å². The number of carbonyl (C=O) groups is 1. The van der Waals surface area contributed by atoms with E-state index in [2.05, 4.69) is 4.90 Å². The molecule has 0 aliphatic carbocycles. The van der Waals surface area contributed by atoms with Crippen molar-refractivity contribution in [1.29, 1.82) is 0 Å². The Bertz CT molecular complexity index is 845. The lowest BCUT2D eigenvalue weighted by Gasteiger charge is -2.51. The molecule has 2 aromatic rings. The summed E-state index contributed by atoms with van der Waals surface area (Å²) in [6.07, 6.45) is 3.38. The van der Waals surface area contributed by atoms with Gasteiger partial charge < -0.3 is 20.2 Å². The molecule has 5 rings (SSSR count). The van der Waals surface area contributed by atoms with Crippen LogP contribution in [0.2, 0.25) is 0 Å². The molecule has 2 atom stereocenters. The zero-order valence-electron chi connectivity index (χ0n) is 15.9. The number of phenols is 1. The summed E-state index contributed by atoms with van der Waals surface area (Å²) < 4.78 is 0. The maximum Gasteiger partial charge on any atom is 0.339 e. The summed E-state index contributed by atoms with van der Waals surface area (Å²) in [5.41, 5.74) is 0.740. The van der Waals surface area contributed by atoms with E-state index in [4.69, 9.17) is 5.11 Å². The third-order valence-electron chi connectivity index (χ3n) is 6.63. The highest BCUT2D eigenvalue weighted by Gasteiger charge is 2.47. The number of aromatic carboxylic acids is 1. The van der Waals surface area contributed by atoms with Crippen molar-refractivity contribution in [2.45, 2.75) is 31.3 Å². The number of carboxylic acid groups (broad SMARTS) is 1. The van der Waals surface area contributed by atoms with Crippen molar-refractivity contribution < 1.29 is 20.1 Å². The van der Waals surface area contributed by atoms with Gasteiger partial charge in [-0.2, -0.15) is 0 Å². The summed E-state index contributed by atoms with van der Waals surface area (Å²) in [6, 6.07) is 14.6. The normalized spacial score (nSPS) is 26.0. The monoisotopic (exact) mass is 381 g/mol. The summed E-state index contributed by atoms with van der Waals surface area (Å²) in [7, 11) is 0. The number of piperidine rings is 3. The number of carboxylic acids is 1. The van der Waals surface area contributed by atoms with E-state index in [-0.39, 0.29) is 17.2 Å². The van der Waals surface area contributed by atoms with Gasteiger partial charge in [-0.1, -0.05) is 36.4 Å². The maximum absolute atomic E-state index is 11.9. The molecule has 5 nitrogen and oxygen atoms in total. The SMILES string of the molecule is O=C(O)c1ccc(CCC(O)(c2ccccc2)C2CN3CCC2CC3)cc1O. The molecule has 0 saturated carbocycles. The maximum atomic E-state index is 11.9. The highest BCUT2D eigenvalue weighted by molar-refractivity contribution is 5.90. The van der Waals surface area contributed by atoms with Gasteiger partial charge in [-0.05, 0) is 68.0 Å². The number of aromatic hydroxyl groups is 1. The zero-order valence-corrected chi connectivity index (χ0v) is 15.9. The molecule has 0 amide bonds. The average Bonchev–Trinajstić information content (AvgIpc) is 2.73. The van der Waals surface area contributed by atoms with Crippen molar-refractivity contribution in [1.82, 2.24) is 4.90 Å². The number of nitrogens with zero attached hydrogens (tertiary/aromatic N) is 1. The van der Waals surface area contributed by atoms with Crippen LogP contribution in [-0.4, -0.2) is 45.8 Å². The molecular weight excluding hydrogens is 354 g/mol. The van der Waals surface area contributed by atoms with E-state index in [1.165, 1.54) is 12.1 Å².